The van der Waals surface area contributed by atoms with E-state index < -0.39 is 0 Å². The second kappa shape index (κ2) is 3.40. The molecule has 1 aromatic rings. The summed E-state index contributed by atoms with van der Waals surface area (Å²) < 4.78 is 0. The minimum absolute atomic E-state index is 0. The van der Waals surface area contributed by atoms with E-state index in [1.165, 1.54) is 16.7 Å². The second-order valence-electron chi connectivity index (χ2n) is 2.59. The van der Waals surface area contributed by atoms with Crippen LogP contribution in [0.4, 0.5) is 0 Å². The fourth-order valence-electron chi connectivity index (χ4n) is 0.891. The van der Waals surface area contributed by atoms with Crippen LogP contribution in [0.2, 0.25) is 0 Å². The summed E-state index contributed by atoms with van der Waals surface area (Å²) in [5.74, 6) is 0. The number of aryl methyl sites for hydroxylation is 3. The molecule has 0 fully saturated rings. The summed E-state index contributed by atoms with van der Waals surface area (Å²) in [4.78, 5) is 0. The van der Waals surface area contributed by atoms with Crippen LogP contribution in [-0.2, 0) is 0 Å². The standard InChI is InChI=1S/C9H12.CH/c1-7-4-5-8(2)9(3)6-7;/h4-6H,1-3H3;1H. The van der Waals surface area contributed by atoms with Crippen LogP contribution in [0.15, 0.2) is 18.2 Å². The summed E-state index contributed by atoms with van der Waals surface area (Å²) in [5.41, 5.74) is 4.11. The lowest BCUT2D eigenvalue weighted by Crippen LogP contribution is -1.79. The third-order valence-electron chi connectivity index (χ3n) is 1.66. The average molecular weight is 133 g/mol. The SMILES string of the molecule is Cc1ccc(C)c(C)c1.[CH]. The van der Waals surface area contributed by atoms with Gasteiger partial charge in [0.25, 0.3) is 0 Å². The minimum Gasteiger partial charge on any atom is -0.0590 e. The van der Waals surface area contributed by atoms with Crippen molar-refractivity contribution in [2.24, 2.45) is 0 Å². The van der Waals surface area contributed by atoms with Gasteiger partial charge in [-0.25, -0.2) is 0 Å². The predicted molar refractivity (Wildman–Crippen MR) is 45.0 cm³/mol. The Morgan fingerprint density at radius 2 is 1.50 bits per heavy atom. The number of hydrogen-bond donors (Lipinski definition) is 0. The van der Waals surface area contributed by atoms with Gasteiger partial charge in [0.15, 0.2) is 0 Å². The number of hydrogen-bond acceptors (Lipinski definition) is 0. The maximum atomic E-state index is 2.20. The van der Waals surface area contributed by atoms with Crippen LogP contribution in [0.1, 0.15) is 16.7 Å². The summed E-state index contributed by atoms with van der Waals surface area (Å²) in [6.07, 6.45) is 0. The molecule has 0 bridgehead atoms. The Kier molecular flexibility index (Phi) is 3.14. The zero-order valence-corrected chi connectivity index (χ0v) is 6.81. The number of rotatable bonds is 0. The maximum absolute atomic E-state index is 2.20. The Hall–Kier alpha value is -0.780. The van der Waals surface area contributed by atoms with E-state index in [1.807, 2.05) is 0 Å². The molecule has 10 heavy (non-hydrogen) atoms. The molecule has 0 heteroatoms. The summed E-state index contributed by atoms with van der Waals surface area (Å²) >= 11 is 0. The fraction of sp³-hybridized carbons (Fsp3) is 0.300. The molecule has 0 unspecified atom stereocenters. The highest BCUT2D eigenvalue weighted by molar-refractivity contribution is 5.28. The molecular weight excluding hydrogens is 120 g/mol. The molecule has 0 aliphatic heterocycles. The first kappa shape index (κ1) is 9.22. The van der Waals surface area contributed by atoms with E-state index in [2.05, 4.69) is 39.0 Å². The van der Waals surface area contributed by atoms with Crippen molar-refractivity contribution in [3.8, 4) is 0 Å². The van der Waals surface area contributed by atoms with Crippen LogP contribution in [-0.4, -0.2) is 0 Å². The lowest BCUT2D eigenvalue weighted by molar-refractivity contribution is 1.30. The molecule has 0 saturated carbocycles. The van der Waals surface area contributed by atoms with E-state index in [0.717, 1.165) is 0 Å². The van der Waals surface area contributed by atoms with Gasteiger partial charge in [-0.3, -0.25) is 0 Å². The molecular formula is C10H13. The van der Waals surface area contributed by atoms with Crippen molar-refractivity contribution < 1.29 is 0 Å². The first-order chi connectivity index (χ1) is 4.20. The first-order valence-corrected chi connectivity index (χ1v) is 3.24. The summed E-state index contributed by atoms with van der Waals surface area (Å²) in [6.45, 7) is 6.39. The summed E-state index contributed by atoms with van der Waals surface area (Å²) in [6, 6.07) is 6.50. The highest BCUT2D eigenvalue weighted by Gasteiger charge is 1.89. The van der Waals surface area contributed by atoms with Gasteiger partial charge in [-0.05, 0) is 39.3 Å². The lowest BCUT2D eigenvalue weighted by atomic mass is 10.1. The Morgan fingerprint density at radius 1 is 0.900 bits per heavy atom. The van der Waals surface area contributed by atoms with Crippen LogP contribution in [0.3, 0.4) is 0 Å². The zero-order valence-electron chi connectivity index (χ0n) is 6.81. The molecule has 0 amide bonds. The van der Waals surface area contributed by atoms with E-state index in [4.69, 9.17) is 0 Å². The highest BCUT2D eigenvalue weighted by Crippen LogP contribution is 2.07. The zero-order chi connectivity index (χ0) is 6.85. The molecule has 0 heterocycles. The molecule has 0 spiro atoms. The van der Waals surface area contributed by atoms with Crippen molar-refractivity contribution >= 4 is 0 Å². The van der Waals surface area contributed by atoms with Crippen molar-refractivity contribution in [3.63, 3.8) is 0 Å². The van der Waals surface area contributed by atoms with E-state index in [-0.39, 0.29) is 7.43 Å². The Bertz CT molecular complexity index is 211. The van der Waals surface area contributed by atoms with Crippen molar-refractivity contribution in [2.45, 2.75) is 20.8 Å². The smallest absolute Gasteiger partial charge is 0.0312 e. The molecule has 53 valence electrons. The Labute approximate surface area is 63.9 Å². The largest absolute Gasteiger partial charge is 0.0590 e. The Balaban J connectivity index is 0.000000810. The molecule has 0 saturated heterocycles. The molecule has 0 aliphatic carbocycles. The average Bonchev–Trinajstić information content (AvgIpc) is 1.80. The van der Waals surface area contributed by atoms with Gasteiger partial charge in [-0.1, -0.05) is 23.8 Å². The van der Waals surface area contributed by atoms with Crippen LogP contribution in [0, 0.1) is 28.2 Å². The van der Waals surface area contributed by atoms with Gasteiger partial charge in [0.2, 0.25) is 0 Å². The molecule has 0 N–H and O–H groups in total. The quantitative estimate of drug-likeness (QED) is 0.510. The van der Waals surface area contributed by atoms with Crippen LogP contribution in [0.5, 0.6) is 0 Å². The van der Waals surface area contributed by atoms with Crippen LogP contribution >= 0.6 is 0 Å². The second-order valence-corrected chi connectivity index (χ2v) is 2.59. The van der Waals surface area contributed by atoms with Gasteiger partial charge in [0.05, 0.1) is 0 Å². The van der Waals surface area contributed by atoms with Gasteiger partial charge < -0.3 is 0 Å². The van der Waals surface area contributed by atoms with E-state index in [1.54, 1.807) is 0 Å². The Morgan fingerprint density at radius 3 is 1.90 bits per heavy atom. The van der Waals surface area contributed by atoms with Gasteiger partial charge in [0, 0.05) is 0 Å². The summed E-state index contributed by atoms with van der Waals surface area (Å²) in [7, 11) is 0. The topological polar surface area (TPSA) is 0 Å². The van der Waals surface area contributed by atoms with Crippen LogP contribution in [0.25, 0.3) is 0 Å². The first-order valence-electron chi connectivity index (χ1n) is 3.24. The van der Waals surface area contributed by atoms with Crippen molar-refractivity contribution in [3.05, 3.63) is 42.3 Å². The summed E-state index contributed by atoms with van der Waals surface area (Å²) in [5, 5.41) is 0. The number of benzene rings is 1. The molecule has 3 radical (unpaired) electrons. The van der Waals surface area contributed by atoms with Crippen molar-refractivity contribution in [1.82, 2.24) is 0 Å². The highest BCUT2D eigenvalue weighted by atomic mass is 13.9. The molecule has 0 aromatic heterocycles. The third-order valence-corrected chi connectivity index (χ3v) is 1.66. The van der Waals surface area contributed by atoms with Crippen molar-refractivity contribution in [1.29, 1.82) is 0 Å². The van der Waals surface area contributed by atoms with Gasteiger partial charge >= 0.3 is 0 Å². The lowest BCUT2D eigenvalue weighted by Gasteiger charge is -1.98. The third kappa shape index (κ3) is 1.87. The van der Waals surface area contributed by atoms with Crippen LogP contribution < -0.4 is 0 Å². The predicted octanol–water partition coefficient (Wildman–Crippen LogP) is 2.82. The van der Waals surface area contributed by atoms with Gasteiger partial charge in [-0.15, -0.1) is 0 Å². The van der Waals surface area contributed by atoms with Gasteiger partial charge in [-0.2, -0.15) is 0 Å². The monoisotopic (exact) mass is 133 g/mol. The molecule has 1 aromatic carbocycles. The minimum atomic E-state index is 0. The van der Waals surface area contributed by atoms with E-state index in [0.29, 0.717) is 0 Å². The normalized spacial score (nSPS) is 8.70. The van der Waals surface area contributed by atoms with Crippen molar-refractivity contribution in [2.75, 3.05) is 0 Å². The molecule has 0 atom stereocenters. The molecule has 0 aliphatic rings. The van der Waals surface area contributed by atoms with E-state index >= 15 is 0 Å². The molecule has 1 rings (SSSR count). The fourth-order valence-corrected chi connectivity index (χ4v) is 0.891. The van der Waals surface area contributed by atoms with Gasteiger partial charge in [0.1, 0.15) is 0 Å². The maximum Gasteiger partial charge on any atom is -0.0312 e. The molecule has 0 nitrogen and oxygen atoms in total. The van der Waals surface area contributed by atoms with E-state index in [9.17, 15) is 0 Å².